The van der Waals surface area contributed by atoms with Crippen molar-refractivity contribution in [1.29, 1.82) is 0 Å². The molecule has 7 nitrogen and oxygen atoms in total. The smallest absolute Gasteiger partial charge is 0.360 e. The molecule has 1 aromatic heterocycles. The summed E-state index contributed by atoms with van der Waals surface area (Å²) < 4.78 is 6.52. The molecule has 0 bridgehead atoms. The van der Waals surface area contributed by atoms with Crippen molar-refractivity contribution in [3.8, 4) is 0 Å². The van der Waals surface area contributed by atoms with E-state index in [0.29, 0.717) is 17.3 Å². The Morgan fingerprint density at radius 3 is 2.39 bits per heavy atom. The monoisotopic (exact) mass is 379 g/mol. The highest BCUT2D eigenvalue weighted by Crippen LogP contribution is 2.15. The van der Waals surface area contributed by atoms with Gasteiger partial charge >= 0.3 is 5.97 Å². The predicted octanol–water partition coefficient (Wildman–Crippen LogP) is 2.13. The minimum Gasteiger partial charge on any atom is -0.448 e. The number of carbonyl (C=O) groups excluding carboxylic acids is 2. The second kappa shape index (κ2) is 8.47. The van der Waals surface area contributed by atoms with Crippen LogP contribution in [0.25, 0.3) is 10.8 Å². The van der Waals surface area contributed by atoms with Crippen molar-refractivity contribution in [2.24, 2.45) is 0 Å². The van der Waals surface area contributed by atoms with E-state index in [0.717, 1.165) is 5.56 Å². The predicted molar refractivity (Wildman–Crippen MR) is 105 cm³/mol. The van der Waals surface area contributed by atoms with E-state index in [2.05, 4.69) is 10.4 Å². The summed E-state index contributed by atoms with van der Waals surface area (Å²) in [6, 6.07) is 16.1. The molecule has 1 amide bonds. The summed E-state index contributed by atoms with van der Waals surface area (Å²) in [5.74, 6) is -1.14. The number of amides is 1. The minimum atomic E-state index is -0.970. The highest BCUT2D eigenvalue weighted by molar-refractivity contribution is 6.02. The van der Waals surface area contributed by atoms with Crippen LogP contribution in [-0.4, -0.2) is 34.3 Å². The third-order valence-corrected chi connectivity index (χ3v) is 4.24. The summed E-state index contributed by atoms with van der Waals surface area (Å²) in [5, 5.41) is 7.61. The number of benzene rings is 2. The fourth-order valence-corrected chi connectivity index (χ4v) is 2.84. The van der Waals surface area contributed by atoms with Crippen LogP contribution in [0.2, 0.25) is 0 Å². The van der Waals surface area contributed by atoms with Crippen molar-refractivity contribution >= 4 is 22.6 Å². The van der Waals surface area contributed by atoms with Gasteiger partial charge < -0.3 is 10.1 Å². The Hall–Kier alpha value is -3.48. The summed E-state index contributed by atoms with van der Waals surface area (Å²) in [6.45, 7) is 3.92. The molecule has 0 aliphatic heterocycles. The number of esters is 1. The molecule has 144 valence electrons. The topological polar surface area (TPSA) is 90.3 Å². The minimum absolute atomic E-state index is 0.00211. The average molecular weight is 379 g/mol. The first kappa shape index (κ1) is 19.3. The second-order valence-corrected chi connectivity index (χ2v) is 6.28. The Kier molecular flexibility index (Phi) is 5.84. The number of hydrogen-bond donors (Lipinski definition) is 1. The third kappa shape index (κ3) is 4.09. The Morgan fingerprint density at radius 1 is 1.07 bits per heavy atom. The molecule has 3 aromatic rings. The number of nitrogens with zero attached hydrogens (tertiary/aromatic N) is 2. The zero-order valence-corrected chi connectivity index (χ0v) is 15.7. The van der Waals surface area contributed by atoms with Gasteiger partial charge in [-0.3, -0.25) is 9.59 Å². The lowest BCUT2D eigenvalue weighted by molar-refractivity contribution is -0.128. The standard InChI is InChI=1S/C21H21N3O4/c1-3-22-19(25)14(2)28-21(27)18-16-11-7-8-12-17(16)20(26)24(23-18)13-15-9-5-4-6-10-15/h4-12,14H,3,13H2,1-2H3,(H,22,25)/t14-/m1/s1. The van der Waals surface area contributed by atoms with Crippen LogP contribution in [0.15, 0.2) is 59.4 Å². The van der Waals surface area contributed by atoms with E-state index >= 15 is 0 Å². The maximum atomic E-state index is 12.8. The lowest BCUT2D eigenvalue weighted by Gasteiger charge is -2.14. The molecule has 3 rings (SSSR count). The fraction of sp³-hybridized carbons (Fsp3) is 0.238. The molecule has 1 atom stereocenters. The summed E-state index contributed by atoms with van der Waals surface area (Å²) in [5.41, 5.74) is 0.581. The molecule has 0 aliphatic rings. The van der Waals surface area contributed by atoms with Gasteiger partial charge in [0.2, 0.25) is 0 Å². The van der Waals surface area contributed by atoms with Crippen LogP contribution in [0.5, 0.6) is 0 Å². The van der Waals surface area contributed by atoms with Crippen molar-refractivity contribution in [2.45, 2.75) is 26.5 Å². The summed E-state index contributed by atoms with van der Waals surface area (Å²) in [4.78, 5) is 37.4. The molecule has 0 saturated heterocycles. The van der Waals surface area contributed by atoms with E-state index in [1.54, 1.807) is 31.2 Å². The van der Waals surface area contributed by atoms with E-state index in [-0.39, 0.29) is 17.8 Å². The number of fused-ring (bicyclic) bond motifs is 1. The van der Waals surface area contributed by atoms with Gasteiger partial charge in [0.25, 0.3) is 11.5 Å². The molecule has 7 heteroatoms. The van der Waals surface area contributed by atoms with Gasteiger partial charge in [0, 0.05) is 11.9 Å². The van der Waals surface area contributed by atoms with Crippen LogP contribution >= 0.6 is 0 Å². The van der Waals surface area contributed by atoms with Gasteiger partial charge in [0.15, 0.2) is 11.8 Å². The number of likely N-dealkylation sites (N-methyl/N-ethyl adjacent to an activating group) is 1. The number of rotatable bonds is 6. The van der Waals surface area contributed by atoms with Gasteiger partial charge in [-0.1, -0.05) is 48.5 Å². The number of nitrogens with one attached hydrogen (secondary N) is 1. The molecule has 0 fully saturated rings. The zero-order chi connectivity index (χ0) is 20.1. The first-order valence-electron chi connectivity index (χ1n) is 9.03. The van der Waals surface area contributed by atoms with Gasteiger partial charge in [0.1, 0.15) is 0 Å². The molecule has 2 aromatic carbocycles. The van der Waals surface area contributed by atoms with Crippen LogP contribution in [0.3, 0.4) is 0 Å². The number of carbonyl (C=O) groups is 2. The summed E-state index contributed by atoms with van der Waals surface area (Å²) in [7, 11) is 0. The van der Waals surface area contributed by atoms with Crippen molar-refractivity contribution in [2.75, 3.05) is 6.54 Å². The second-order valence-electron chi connectivity index (χ2n) is 6.28. The zero-order valence-electron chi connectivity index (χ0n) is 15.7. The van der Waals surface area contributed by atoms with Gasteiger partial charge in [-0.25, -0.2) is 9.48 Å². The van der Waals surface area contributed by atoms with Crippen LogP contribution < -0.4 is 10.9 Å². The maximum Gasteiger partial charge on any atom is 0.360 e. The average Bonchev–Trinajstić information content (AvgIpc) is 2.71. The molecule has 1 heterocycles. The molecule has 0 unspecified atom stereocenters. The Balaban J connectivity index is 2.01. The summed E-state index contributed by atoms with van der Waals surface area (Å²) >= 11 is 0. The van der Waals surface area contributed by atoms with Gasteiger partial charge in [0.05, 0.1) is 11.9 Å². The molecular formula is C21H21N3O4. The largest absolute Gasteiger partial charge is 0.448 e. The number of ether oxygens (including phenoxy) is 1. The lowest BCUT2D eigenvalue weighted by atomic mass is 10.1. The van der Waals surface area contributed by atoms with Gasteiger partial charge in [-0.15, -0.1) is 0 Å². The normalized spacial score (nSPS) is 11.8. The Bertz CT molecular complexity index is 1060. The van der Waals surface area contributed by atoms with Crippen LogP contribution in [0.1, 0.15) is 29.9 Å². The molecule has 0 saturated carbocycles. The molecule has 0 aliphatic carbocycles. The quantitative estimate of drug-likeness (QED) is 0.663. The van der Waals surface area contributed by atoms with E-state index < -0.39 is 18.0 Å². The van der Waals surface area contributed by atoms with Gasteiger partial charge in [-0.2, -0.15) is 5.10 Å². The van der Waals surface area contributed by atoms with Crippen LogP contribution in [0.4, 0.5) is 0 Å². The lowest BCUT2D eigenvalue weighted by Crippen LogP contribution is -2.36. The number of hydrogen-bond acceptors (Lipinski definition) is 5. The van der Waals surface area contributed by atoms with E-state index in [9.17, 15) is 14.4 Å². The van der Waals surface area contributed by atoms with Crippen LogP contribution in [0, 0.1) is 0 Å². The first-order chi connectivity index (χ1) is 13.5. The third-order valence-electron chi connectivity index (χ3n) is 4.24. The number of aromatic nitrogens is 2. The van der Waals surface area contributed by atoms with Crippen molar-refractivity contribution in [1.82, 2.24) is 15.1 Å². The molecule has 28 heavy (non-hydrogen) atoms. The fourth-order valence-electron chi connectivity index (χ4n) is 2.84. The highest BCUT2D eigenvalue weighted by atomic mass is 16.5. The Labute approximate surface area is 161 Å². The van der Waals surface area contributed by atoms with Crippen molar-refractivity contribution in [3.63, 3.8) is 0 Å². The van der Waals surface area contributed by atoms with E-state index in [1.807, 2.05) is 30.3 Å². The maximum absolute atomic E-state index is 12.8. The molecule has 1 N–H and O–H groups in total. The van der Waals surface area contributed by atoms with E-state index in [1.165, 1.54) is 11.6 Å². The Morgan fingerprint density at radius 2 is 1.71 bits per heavy atom. The van der Waals surface area contributed by atoms with Crippen molar-refractivity contribution < 1.29 is 14.3 Å². The first-order valence-corrected chi connectivity index (χ1v) is 9.03. The molecule has 0 radical (unpaired) electrons. The highest BCUT2D eigenvalue weighted by Gasteiger charge is 2.23. The van der Waals surface area contributed by atoms with Crippen LogP contribution in [-0.2, 0) is 16.1 Å². The van der Waals surface area contributed by atoms with Crippen molar-refractivity contribution in [3.05, 3.63) is 76.2 Å². The van der Waals surface area contributed by atoms with E-state index in [4.69, 9.17) is 4.74 Å². The SMILES string of the molecule is CCNC(=O)[C@@H](C)OC(=O)c1nn(Cc2ccccc2)c(=O)c2ccccc12. The van der Waals surface area contributed by atoms with Gasteiger partial charge in [-0.05, 0) is 25.5 Å². The molecular weight excluding hydrogens is 358 g/mol. The molecule has 0 spiro atoms. The summed E-state index contributed by atoms with van der Waals surface area (Å²) in [6.07, 6.45) is -0.970.